The monoisotopic (exact) mass is 296 g/mol. The first-order valence-corrected chi connectivity index (χ1v) is 6.09. The number of pyridine rings is 1. The molecule has 0 saturated heterocycles. The van der Waals surface area contributed by atoms with E-state index in [0.717, 1.165) is 15.9 Å². The Kier molecular flexibility index (Phi) is 3.19. The van der Waals surface area contributed by atoms with Crippen LogP contribution in [-0.4, -0.2) is 22.5 Å². The van der Waals surface area contributed by atoms with Crippen molar-refractivity contribution in [2.45, 2.75) is 19.8 Å². The minimum absolute atomic E-state index is 0.317. The SMILES string of the molecule is COC(=O)c1ccn2c(C(C)C)nc(Br)c2c1. The molecule has 0 spiro atoms. The van der Waals surface area contributed by atoms with Crippen LogP contribution in [0.2, 0.25) is 0 Å². The number of carbonyl (C=O) groups is 1. The Bertz CT molecular complexity index is 575. The number of hydrogen-bond donors (Lipinski definition) is 0. The Morgan fingerprint density at radius 1 is 1.53 bits per heavy atom. The van der Waals surface area contributed by atoms with Gasteiger partial charge in [-0.2, -0.15) is 0 Å². The Balaban J connectivity index is 2.63. The van der Waals surface area contributed by atoms with Gasteiger partial charge >= 0.3 is 5.97 Å². The molecule has 0 aromatic carbocycles. The molecular formula is C12H13BrN2O2. The van der Waals surface area contributed by atoms with Crippen molar-refractivity contribution in [3.63, 3.8) is 0 Å². The number of carbonyl (C=O) groups excluding carboxylic acids is 1. The summed E-state index contributed by atoms with van der Waals surface area (Å²) in [4.78, 5) is 15.9. The second kappa shape index (κ2) is 4.49. The van der Waals surface area contributed by atoms with Crippen molar-refractivity contribution in [2.75, 3.05) is 7.11 Å². The summed E-state index contributed by atoms with van der Waals surface area (Å²) in [6.07, 6.45) is 1.84. The van der Waals surface area contributed by atoms with Crippen LogP contribution in [0, 0.1) is 0 Å². The van der Waals surface area contributed by atoms with Crippen LogP contribution in [0.15, 0.2) is 22.9 Å². The van der Waals surface area contributed by atoms with E-state index in [1.54, 1.807) is 12.1 Å². The first-order valence-electron chi connectivity index (χ1n) is 5.30. The molecule has 0 unspecified atom stereocenters. The van der Waals surface area contributed by atoms with Gasteiger partial charge in [-0.3, -0.25) is 0 Å². The van der Waals surface area contributed by atoms with E-state index in [2.05, 4.69) is 34.8 Å². The van der Waals surface area contributed by atoms with Gasteiger partial charge in [0.2, 0.25) is 0 Å². The zero-order valence-electron chi connectivity index (χ0n) is 9.90. The molecule has 2 aromatic rings. The summed E-state index contributed by atoms with van der Waals surface area (Å²) in [5.74, 6) is 0.938. The van der Waals surface area contributed by atoms with Gasteiger partial charge in [-0.05, 0) is 28.1 Å². The lowest BCUT2D eigenvalue weighted by atomic mass is 10.2. The lowest BCUT2D eigenvalue weighted by molar-refractivity contribution is 0.0600. The van der Waals surface area contributed by atoms with Gasteiger partial charge in [-0.1, -0.05) is 13.8 Å². The molecule has 0 fully saturated rings. The minimum Gasteiger partial charge on any atom is -0.465 e. The van der Waals surface area contributed by atoms with Gasteiger partial charge in [0.05, 0.1) is 18.2 Å². The number of rotatable bonds is 2. The lowest BCUT2D eigenvalue weighted by Gasteiger charge is -2.05. The van der Waals surface area contributed by atoms with Crippen molar-refractivity contribution in [3.8, 4) is 0 Å². The predicted octanol–water partition coefficient (Wildman–Crippen LogP) is 3.01. The second-order valence-electron chi connectivity index (χ2n) is 4.08. The van der Waals surface area contributed by atoms with Crippen LogP contribution in [0.5, 0.6) is 0 Å². The van der Waals surface area contributed by atoms with E-state index in [4.69, 9.17) is 4.74 Å². The minimum atomic E-state index is -0.341. The molecule has 0 aliphatic carbocycles. The molecular weight excluding hydrogens is 284 g/mol. The van der Waals surface area contributed by atoms with E-state index >= 15 is 0 Å². The first-order chi connectivity index (χ1) is 8.04. The third-order valence-corrected chi connectivity index (χ3v) is 3.15. The number of aromatic nitrogens is 2. The second-order valence-corrected chi connectivity index (χ2v) is 4.83. The van der Waals surface area contributed by atoms with Crippen molar-refractivity contribution in [2.24, 2.45) is 0 Å². The van der Waals surface area contributed by atoms with Gasteiger partial charge in [0.25, 0.3) is 0 Å². The summed E-state index contributed by atoms with van der Waals surface area (Å²) in [6.45, 7) is 4.16. The van der Waals surface area contributed by atoms with Crippen molar-refractivity contribution in [1.29, 1.82) is 0 Å². The number of fused-ring (bicyclic) bond motifs is 1. The van der Waals surface area contributed by atoms with E-state index in [1.807, 2.05) is 10.6 Å². The number of ether oxygens (including phenoxy) is 1. The first kappa shape index (κ1) is 12.1. The average Bonchev–Trinajstić information content (AvgIpc) is 2.65. The molecule has 0 atom stereocenters. The smallest absolute Gasteiger partial charge is 0.337 e. The summed E-state index contributed by atoms with van der Waals surface area (Å²) in [5, 5.41) is 0. The maximum atomic E-state index is 11.4. The summed E-state index contributed by atoms with van der Waals surface area (Å²) in [5.41, 5.74) is 1.40. The normalized spacial score (nSPS) is 11.1. The summed E-state index contributed by atoms with van der Waals surface area (Å²) >= 11 is 3.41. The van der Waals surface area contributed by atoms with Crippen LogP contribution in [0.3, 0.4) is 0 Å². The molecule has 90 valence electrons. The third-order valence-electron chi connectivity index (χ3n) is 2.56. The molecule has 17 heavy (non-hydrogen) atoms. The standard InChI is InChI=1S/C12H13BrN2O2/c1-7(2)11-14-10(13)9-6-8(12(16)17-3)4-5-15(9)11/h4-7H,1-3H3. The van der Waals surface area contributed by atoms with Gasteiger partial charge in [0.1, 0.15) is 10.4 Å². The van der Waals surface area contributed by atoms with Crippen molar-refractivity contribution >= 4 is 27.4 Å². The van der Waals surface area contributed by atoms with Gasteiger partial charge in [0, 0.05) is 12.1 Å². The molecule has 4 nitrogen and oxygen atoms in total. The topological polar surface area (TPSA) is 43.6 Å². The van der Waals surface area contributed by atoms with E-state index in [9.17, 15) is 4.79 Å². The van der Waals surface area contributed by atoms with Gasteiger partial charge in [-0.15, -0.1) is 0 Å². The zero-order valence-corrected chi connectivity index (χ0v) is 11.5. The van der Waals surface area contributed by atoms with Gasteiger partial charge in [0.15, 0.2) is 0 Å². The zero-order chi connectivity index (χ0) is 12.6. The highest BCUT2D eigenvalue weighted by atomic mass is 79.9. The lowest BCUT2D eigenvalue weighted by Crippen LogP contribution is -2.03. The van der Waals surface area contributed by atoms with E-state index < -0.39 is 0 Å². The van der Waals surface area contributed by atoms with Crippen molar-refractivity contribution < 1.29 is 9.53 Å². The molecule has 2 heterocycles. The summed E-state index contributed by atoms with van der Waals surface area (Å²) < 4.78 is 7.41. The molecule has 0 aliphatic heterocycles. The number of imidazole rings is 1. The molecule has 0 aliphatic rings. The molecule has 0 bridgehead atoms. The third kappa shape index (κ3) is 2.07. The van der Waals surface area contributed by atoms with Crippen LogP contribution in [0.4, 0.5) is 0 Å². The van der Waals surface area contributed by atoms with Crippen LogP contribution in [0.25, 0.3) is 5.52 Å². The Morgan fingerprint density at radius 2 is 2.24 bits per heavy atom. The maximum absolute atomic E-state index is 11.4. The maximum Gasteiger partial charge on any atom is 0.337 e. The number of esters is 1. The summed E-state index contributed by atoms with van der Waals surface area (Å²) in [6, 6.07) is 3.51. The van der Waals surface area contributed by atoms with Crippen LogP contribution < -0.4 is 0 Å². The van der Waals surface area contributed by atoms with E-state index in [0.29, 0.717) is 11.5 Å². The highest BCUT2D eigenvalue weighted by molar-refractivity contribution is 9.10. The Morgan fingerprint density at radius 3 is 2.82 bits per heavy atom. The number of hydrogen-bond acceptors (Lipinski definition) is 3. The van der Waals surface area contributed by atoms with Gasteiger partial charge < -0.3 is 9.14 Å². The molecule has 0 saturated carbocycles. The highest BCUT2D eigenvalue weighted by Gasteiger charge is 2.14. The molecule has 5 heteroatoms. The van der Waals surface area contributed by atoms with Crippen LogP contribution >= 0.6 is 15.9 Å². The average molecular weight is 297 g/mol. The molecule has 2 aromatic heterocycles. The fourth-order valence-corrected chi connectivity index (χ4v) is 2.21. The molecule has 2 rings (SSSR count). The van der Waals surface area contributed by atoms with E-state index in [1.165, 1.54) is 7.11 Å². The fourth-order valence-electron chi connectivity index (χ4n) is 1.72. The number of halogens is 1. The Labute approximate surface area is 108 Å². The molecule has 0 amide bonds. The van der Waals surface area contributed by atoms with Crippen molar-refractivity contribution in [3.05, 3.63) is 34.3 Å². The van der Waals surface area contributed by atoms with Crippen molar-refractivity contribution in [1.82, 2.24) is 9.38 Å². The molecule has 0 N–H and O–H groups in total. The fraction of sp³-hybridized carbons (Fsp3) is 0.333. The largest absolute Gasteiger partial charge is 0.465 e. The Hall–Kier alpha value is -1.36. The van der Waals surface area contributed by atoms with Crippen LogP contribution in [0.1, 0.15) is 35.9 Å². The van der Waals surface area contributed by atoms with Crippen LogP contribution in [-0.2, 0) is 4.74 Å². The quantitative estimate of drug-likeness (QED) is 0.800. The highest BCUT2D eigenvalue weighted by Crippen LogP contribution is 2.24. The number of methoxy groups -OCH3 is 1. The number of nitrogens with zero attached hydrogens (tertiary/aromatic N) is 2. The van der Waals surface area contributed by atoms with E-state index in [-0.39, 0.29) is 5.97 Å². The molecule has 0 radical (unpaired) electrons. The summed E-state index contributed by atoms with van der Waals surface area (Å²) in [7, 11) is 1.37. The predicted molar refractivity (Wildman–Crippen MR) is 68.3 cm³/mol. The van der Waals surface area contributed by atoms with Gasteiger partial charge in [-0.25, -0.2) is 9.78 Å².